The summed E-state index contributed by atoms with van der Waals surface area (Å²) in [6, 6.07) is 16.2. The van der Waals surface area contributed by atoms with Crippen LogP contribution in [0.1, 0.15) is 15.9 Å². The molecule has 1 heterocycles. The predicted octanol–water partition coefficient (Wildman–Crippen LogP) is 6.95. The Morgan fingerprint density at radius 2 is 1.60 bits per heavy atom. The molecule has 0 radical (unpaired) electrons. The van der Waals surface area contributed by atoms with E-state index in [2.05, 4.69) is 0 Å². The summed E-state index contributed by atoms with van der Waals surface area (Å²) in [5.41, 5.74) is 1.44. The van der Waals surface area contributed by atoms with Crippen molar-refractivity contribution < 1.29 is 13.9 Å². The second-order valence-corrected chi connectivity index (χ2v) is 7.89. The molecular weight excluding hydrogens is 447 g/mol. The molecule has 0 aliphatic carbocycles. The van der Waals surface area contributed by atoms with Crippen LogP contribution in [-0.2, 0) is 0 Å². The zero-order valence-corrected chi connectivity index (χ0v) is 17.8. The van der Waals surface area contributed by atoms with Crippen molar-refractivity contribution in [3.8, 4) is 17.1 Å². The standard InChI is InChI=1S/C23H13Cl3O4/c1-12-2-8-17-19(10-12)29-21(13-3-5-14(24)6-4-13)22(20(17)27)30-23(28)16-9-7-15(25)11-18(16)26/h2-11H,1H3. The summed E-state index contributed by atoms with van der Waals surface area (Å²) in [5.74, 6) is -0.913. The first-order valence-corrected chi connectivity index (χ1v) is 9.97. The lowest BCUT2D eigenvalue weighted by atomic mass is 10.1. The number of hydrogen-bond acceptors (Lipinski definition) is 4. The summed E-state index contributed by atoms with van der Waals surface area (Å²) in [6.45, 7) is 1.89. The fourth-order valence-corrected chi connectivity index (χ4v) is 3.58. The van der Waals surface area contributed by atoms with E-state index in [1.54, 1.807) is 42.5 Å². The molecule has 7 heteroatoms. The van der Waals surface area contributed by atoms with Crippen LogP contribution in [0.25, 0.3) is 22.3 Å². The maximum atomic E-state index is 13.2. The van der Waals surface area contributed by atoms with Gasteiger partial charge in [0.05, 0.1) is 16.0 Å². The third-order valence-corrected chi connectivity index (χ3v) is 5.26. The van der Waals surface area contributed by atoms with Gasteiger partial charge in [0, 0.05) is 15.6 Å². The molecule has 3 aromatic carbocycles. The molecule has 0 atom stereocenters. The molecule has 4 aromatic rings. The van der Waals surface area contributed by atoms with Gasteiger partial charge in [-0.3, -0.25) is 4.79 Å². The molecule has 0 unspecified atom stereocenters. The number of rotatable bonds is 3. The molecule has 0 aliphatic rings. The van der Waals surface area contributed by atoms with Crippen LogP contribution in [0.3, 0.4) is 0 Å². The number of ether oxygens (including phenoxy) is 1. The minimum absolute atomic E-state index is 0.0755. The van der Waals surface area contributed by atoms with Gasteiger partial charge in [0.15, 0.2) is 5.76 Å². The molecule has 0 aliphatic heterocycles. The summed E-state index contributed by atoms with van der Waals surface area (Å²) in [7, 11) is 0. The van der Waals surface area contributed by atoms with Crippen LogP contribution in [0, 0.1) is 6.92 Å². The van der Waals surface area contributed by atoms with Crippen molar-refractivity contribution in [2.24, 2.45) is 0 Å². The minimum Gasteiger partial charge on any atom is -0.452 e. The van der Waals surface area contributed by atoms with Gasteiger partial charge < -0.3 is 9.15 Å². The summed E-state index contributed by atoms with van der Waals surface area (Å²) >= 11 is 18.0. The first-order valence-electron chi connectivity index (χ1n) is 8.84. The number of carbonyl (C=O) groups is 1. The molecule has 0 fully saturated rings. The maximum Gasteiger partial charge on any atom is 0.345 e. The molecule has 4 nitrogen and oxygen atoms in total. The van der Waals surface area contributed by atoms with Gasteiger partial charge in [-0.15, -0.1) is 0 Å². The quantitative estimate of drug-likeness (QED) is 0.311. The number of halogens is 3. The lowest BCUT2D eigenvalue weighted by molar-refractivity contribution is 0.0731. The summed E-state index contributed by atoms with van der Waals surface area (Å²) < 4.78 is 11.5. The zero-order chi connectivity index (χ0) is 21.4. The van der Waals surface area contributed by atoms with Gasteiger partial charge >= 0.3 is 5.97 Å². The summed E-state index contributed by atoms with van der Waals surface area (Å²) in [5, 5.41) is 1.30. The molecule has 1 aromatic heterocycles. The Hall–Kier alpha value is -2.79. The van der Waals surface area contributed by atoms with E-state index in [9.17, 15) is 9.59 Å². The molecule has 0 amide bonds. The van der Waals surface area contributed by atoms with Gasteiger partial charge in [-0.05, 0) is 67.1 Å². The zero-order valence-electron chi connectivity index (χ0n) is 15.5. The van der Waals surface area contributed by atoms with Crippen LogP contribution in [-0.4, -0.2) is 5.97 Å². The average molecular weight is 460 g/mol. The van der Waals surface area contributed by atoms with Gasteiger partial charge in [0.25, 0.3) is 0 Å². The third kappa shape index (κ3) is 3.94. The Balaban J connectivity index is 1.90. The van der Waals surface area contributed by atoms with E-state index in [0.717, 1.165) is 5.56 Å². The molecule has 0 spiro atoms. The van der Waals surface area contributed by atoms with Crippen LogP contribution in [0.15, 0.2) is 69.9 Å². The third-order valence-electron chi connectivity index (χ3n) is 4.46. The van der Waals surface area contributed by atoms with E-state index in [1.807, 2.05) is 6.92 Å². The Bertz CT molecular complexity index is 1340. The molecular formula is C23H13Cl3O4. The maximum absolute atomic E-state index is 13.2. The number of hydrogen-bond donors (Lipinski definition) is 0. The second-order valence-electron chi connectivity index (χ2n) is 6.61. The van der Waals surface area contributed by atoms with Crippen molar-refractivity contribution in [1.29, 1.82) is 0 Å². The van der Waals surface area contributed by atoms with Crippen LogP contribution < -0.4 is 10.2 Å². The molecule has 4 rings (SSSR count). The topological polar surface area (TPSA) is 56.5 Å². The van der Waals surface area contributed by atoms with E-state index in [4.69, 9.17) is 44.0 Å². The van der Waals surface area contributed by atoms with Crippen molar-refractivity contribution in [3.05, 3.63) is 97.1 Å². The molecule has 0 N–H and O–H groups in total. The predicted molar refractivity (Wildman–Crippen MR) is 119 cm³/mol. The van der Waals surface area contributed by atoms with Gasteiger partial charge in [0.2, 0.25) is 11.2 Å². The van der Waals surface area contributed by atoms with Crippen LogP contribution >= 0.6 is 34.8 Å². The van der Waals surface area contributed by atoms with Crippen molar-refractivity contribution in [2.45, 2.75) is 6.92 Å². The fraction of sp³-hybridized carbons (Fsp3) is 0.0435. The Labute approximate surface area is 186 Å². The van der Waals surface area contributed by atoms with Crippen LogP contribution in [0.4, 0.5) is 0 Å². The lowest BCUT2D eigenvalue weighted by Gasteiger charge is -2.12. The van der Waals surface area contributed by atoms with E-state index in [-0.39, 0.29) is 22.1 Å². The van der Waals surface area contributed by atoms with Crippen molar-refractivity contribution in [1.82, 2.24) is 0 Å². The van der Waals surface area contributed by atoms with E-state index < -0.39 is 11.4 Å². The molecule has 0 saturated carbocycles. The number of aryl methyl sites for hydroxylation is 1. The normalized spacial score (nSPS) is 10.9. The Kier molecular flexibility index (Phi) is 5.56. The molecule has 30 heavy (non-hydrogen) atoms. The minimum atomic E-state index is -0.800. The highest BCUT2D eigenvalue weighted by Crippen LogP contribution is 2.33. The molecule has 150 valence electrons. The molecule has 0 saturated heterocycles. The van der Waals surface area contributed by atoms with Crippen LogP contribution in [0.5, 0.6) is 5.75 Å². The summed E-state index contributed by atoms with van der Waals surface area (Å²) in [4.78, 5) is 26.0. The van der Waals surface area contributed by atoms with E-state index >= 15 is 0 Å². The highest BCUT2D eigenvalue weighted by Gasteiger charge is 2.22. The summed E-state index contributed by atoms with van der Waals surface area (Å²) in [6.07, 6.45) is 0. The van der Waals surface area contributed by atoms with Crippen LogP contribution in [0.2, 0.25) is 15.1 Å². The number of fused-ring (bicyclic) bond motifs is 1. The van der Waals surface area contributed by atoms with Crippen molar-refractivity contribution >= 4 is 51.7 Å². The number of esters is 1. The second kappa shape index (κ2) is 8.15. The SMILES string of the molecule is Cc1ccc2c(=O)c(OC(=O)c3ccc(Cl)cc3Cl)c(-c3ccc(Cl)cc3)oc2c1. The van der Waals surface area contributed by atoms with Gasteiger partial charge in [-0.2, -0.15) is 0 Å². The number of benzene rings is 3. The largest absolute Gasteiger partial charge is 0.452 e. The van der Waals surface area contributed by atoms with Crippen molar-refractivity contribution in [3.63, 3.8) is 0 Å². The monoisotopic (exact) mass is 458 g/mol. The number of carbonyl (C=O) groups excluding carboxylic acids is 1. The Morgan fingerprint density at radius 1 is 0.900 bits per heavy atom. The van der Waals surface area contributed by atoms with E-state index in [0.29, 0.717) is 26.6 Å². The average Bonchev–Trinajstić information content (AvgIpc) is 2.70. The fourth-order valence-electron chi connectivity index (χ4n) is 2.97. The van der Waals surface area contributed by atoms with Gasteiger partial charge in [-0.25, -0.2) is 4.79 Å². The van der Waals surface area contributed by atoms with E-state index in [1.165, 1.54) is 18.2 Å². The highest BCUT2D eigenvalue weighted by molar-refractivity contribution is 6.36. The lowest BCUT2D eigenvalue weighted by Crippen LogP contribution is -2.16. The first kappa shape index (κ1) is 20.5. The smallest absolute Gasteiger partial charge is 0.345 e. The molecule has 0 bridgehead atoms. The Morgan fingerprint density at radius 3 is 2.30 bits per heavy atom. The first-order chi connectivity index (χ1) is 14.3. The highest BCUT2D eigenvalue weighted by atomic mass is 35.5. The van der Waals surface area contributed by atoms with Crippen molar-refractivity contribution in [2.75, 3.05) is 0 Å². The van der Waals surface area contributed by atoms with Gasteiger partial charge in [-0.1, -0.05) is 40.9 Å². The van der Waals surface area contributed by atoms with Gasteiger partial charge in [0.1, 0.15) is 5.58 Å².